The van der Waals surface area contributed by atoms with Gasteiger partial charge < -0.3 is 0 Å². The zero-order valence-corrected chi connectivity index (χ0v) is 17.4. The molecule has 0 rings (SSSR count). The lowest BCUT2D eigenvalue weighted by Crippen LogP contribution is -2.08. The molecule has 0 bridgehead atoms. The predicted molar refractivity (Wildman–Crippen MR) is 103 cm³/mol. The van der Waals surface area contributed by atoms with Crippen LogP contribution in [0.5, 0.6) is 0 Å². The van der Waals surface area contributed by atoms with E-state index < -0.39 is 0 Å². The van der Waals surface area contributed by atoms with E-state index in [1.807, 2.05) is 55.4 Å². The first-order valence-electron chi connectivity index (χ1n) is 9.72. The zero-order chi connectivity index (χ0) is 17.4. The summed E-state index contributed by atoms with van der Waals surface area (Å²) in [5, 5.41) is 0. The normalized spacial score (nSPS) is 8.10. The fourth-order valence-corrected chi connectivity index (χ4v) is 1.74. The summed E-state index contributed by atoms with van der Waals surface area (Å²) < 4.78 is 0. The van der Waals surface area contributed by atoms with Crippen molar-refractivity contribution >= 4 is 0 Å². The van der Waals surface area contributed by atoms with Gasteiger partial charge in [-0.15, -0.1) is 0 Å². The van der Waals surface area contributed by atoms with Crippen molar-refractivity contribution in [2.24, 2.45) is 11.8 Å². The van der Waals surface area contributed by atoms with Crippen LogP contribution in [-0.2, 0) is 0 Å². The van der Waals surface area contributed by atoms with Crippen molar-refractivity contribution in [1.29, 1.82) is 0 Å². The first kappa shape index (κ1) is 32.1. The lowest BCUT2D eigenvalue weighted by atomic mass is 9.86. The van der Waals surface area contributed by atoms with E-state index in [0.717, 1.165) is 11.8 Å². The van der Waals surface area contributed by atoms with Crippen LogP contribution in [0.1, 0.15) is 122 Å². The highest BCUT2D eigenvalue weighted by molar-refractivity contribution is 4.62. The molecule has 0 atom stereocenters. The van der Waals surface area contributed by atoms with Gasteiger partial charge in [0.15, 0.2) is 0 Å². The molecule has 0 nitrogen and oxygen atoms in total. The molecule has 0 heteroatoms. The zero-order valence-electron chi connectivity index (χ0n) is 17.4. The molecule has 0 N–H and O–H groups in total. The number of unbranched alkanes of at least 4 members (excludes halogenated alkanes) is 2. The Morgan fingerprint density at radius 2 is 0.800 bits per heavy atom. The van der Waals surface area contributed by atoms with Gasteiger partial charge in [0.05, 0.1) is 0 Å². The highest BCUT2D eigenvalue weighted by atomic mass is 14.2. The van der Waals surface area contributed by atoms with E-state index in [9.17, 15) is 0 Å². The molecule has 0 radical (unpaired) electrons. The van der Waals surface area contributed by atoms with Gasteiger partial charge in [0.1, 0.15) is 0 Å². The third-order valence-electron chi connectivity index (χ3n) is 2.80. The summed E-state index contributed by atoms with van der Waals surface area (Å²) in [4.78, 5) is 0. The molecule has 0 aromatic rings. The molecular formula is C20H50. The van der Waals surface area contributed by atoms with E-state index in [0.29, 0.717) is 0 Å². The number of hydrogen-bond acceptors (Lipinski definition) is 0. The molecule has 0 aliphatic carbocycles. The molecule has 0 fully saturated rings. The monoisotopic (exact) mass is 290 g/mol. The van der Waals surface area contributed by atoms with Crippen molar-refractivity contribution in [3.63, 3.8) is 0 Å². The Labute approximate surface area is 134 Å². The Hall–Kier alpha value is 0. The van der Waals surface area contributed by atoms with Gasteiger partial charge >= 0.3 is 0 Å². The van der Waals surface area contributed by atoms with Gasteiger partial charge in [-0.3, -0.25) is 0 Å². The van der Waals surface area contributed by atoms with E-state index in [-0.39, 0.29) is 0 Å². The molecule has 0 heterocycles. The van der Waals surface area contributed by atoms with E-state index in [2.05, 4.69) is 27.7 Å². The molecule has 20 heavy (non-hydrogen) atoms. The van der Waals surface area contributed by atoms with Gasteiger partial charge in [0.25, 0.3) is 0 Å². The van der Waals surface area contributed by atoms with Crippen LogP contribution in [0, 0.1) is 11.8 Å². The average molecular weight is 291 g/mol. The van der Waals surface area contributed by atoms with Gasteiger partial charge in [0.2, 0.25) is 0 Å². The maximum Gasteiger partial charge on any atom is -0.0391 e. The molecule has 0 aromatic carbocycles. The lowest BCUT2D eigenvalue weighted by molar-refractivity contribution is 0.320. The third kappa shape index (κ3) is 36.1. The Balaban J connectivity index is -0.0000000799. The van der Waals surface area contributed by atoms with Crippen molar-refractivity contribution in [2.75, 3.05) is 0 Å². The highest BCUT2D eigenvalue weighted by Crippen LogP contribution is 2.23. The summed E-state index contributed by atoms with van der Waals surface area (Å²) in [6, 6.07) is 0. The Morgan fingerprint density at radius 3 is 0.950 bits per heavy atom. The van der Waals surface area contributed by atoms with Gasteiger partial charge in [-0.1, -0.05) is 122 Å². The SMILES string of the molecule is CC.CC.CC.CC.CCCCC(CCCC)C(C)C. The number of hydrogen-bond donors (Lipinski definition) is 0. The van der Waals surface area contributed by atoms with Crippen LogP contribution < -0.4 is 0 Å². The van der Waals surface area contributed by atoms with Gasteiger partial charge in [-0.05, 0) is 11.8 Å². The largest absolute Gasteiger partial charge is 0.0683 e. The predicted octanol–water partition coefficient (Wildman–Crippen LogP) is 8.74. The molecule has 130 valence electrons. The first-order chi connectivity index (χ1) is 9.72. The molecule has 0 aliphatic rings. The van der Waals surface area contributed by atoms with Gasteiger partial charge in [-0.25, -0.2) is 0 Å². The van der Waals surface area contributed by atoms with Crippen molar-refractivity contribution in [3.8, 4) is 0 Å². The molecule has 0 aromatic heterocycles. The van der Waals surface area contributed by atoms with Crippen molar-refractivity contribution < 1.29 is 0 Å². The van der Waals surface area contributed by atoms with E-state index >= 15 is 0 Å². The van der Waals surface area contributed by atoms with Crippen LogP contribution in [0.3, 0.4) is 0 Å². The average Bonchev–Trinajstić information content (AvgIpc) is 2.55. The summed E-state index contributed by atoms with van der Waals surface area (Å²) in [5.41, 5.74) is 0. The first-order valence-corrected chi connectivity index (χ1v) is 9.72. The quantitative estimate of drug-likeness (QED) is 0.439. The summed E-state index contributed by atoms with van der Waals surface area (Å²) in [6.45, 7) is 25.3. The smallest absolute Gasteiger partial charge is 0.0391 e. The standard InChI is InChI=1S/C12H26.4C2H6/c1-5-7-9-12(11(3)4)10-8-6-2;4*1-2/h11-12H,5-10H2,1-4H3;4*1-2H3. The topological polar surface area (TPSA) is 0 Å². The lowest BCUT2D eigenvalue weighted by Gasteiger charge is -2.20. The summed E-state index contributed by atoms with van der Waals surface area (Å²) >= 11 is 0. The Kier molecular flexibility index (Phi) is 68.6. The van der Waals surface area contributed by atoms with Crippen LogP contribution in [-0.4, -0.2) is 0 Å². The molecule has 0 amide bonds. The summed E-state index contributed by atoms with van der Waals surface area (Å²) in [6.07, 6.45) is 8.46. The van der Waals surface area contributed by atoms with Gasteiger partial charge in [0, 0.05) is 0 Å². The van der Waals surface area contributed by atoms with Crippen LogP contribution in [0.2, 0.25) is 0 Å². The van der Waals surface area contributed by atoms with Crippen LogP contribution in [0.25, 0.3) is 0 Å². The summed E-state index contributed by atoms with van der Waals surface area (Å²) in [5.74, 6) is 1.88. The van der Waals surface area contributed by atoms with Crippen molar-refractivity contribution in [3.05, 3.63) is 0 Å². The maximum absolute atomic E-state index is 2.37. The van der Waals surface area contributed by atoms with Crippen molar-refractivity contribution in [2.45, 2.75) is 122 Å². The second-order valence-corrected chi connectivity index (χ2v) is 4.29. The molecule has 0 spiro atoms. The second-order valence-electron chi connectivity index (χ2n) is 4.29. The fraction of sp³-hybridized carbons (Fsp3) is 1.00. The Bertz CT molecular complexity index is 76.0. The van der Waals surface area contributed by atoms with Crippen LogP contribution in [0.15, 0.2) is 0 Å². The van der Waals surface area contributed by atoms with Crippen molar-refractivity contribution in [1.82, 2.24) is 0 Å². The maximum atomic E-state index is 2.37. The minimum absolute atomic E-state index is 0.892. The highest BCUT2D eigenvalue weighted by Gasteiger charge is 2.11. The second kappa shape index (κ2) is 42.8. The van der Waals surface area contributed by atoms with Gasteiger partial charge in [-0.2, -0.15) is 0 Å². The van der Waals surface area contributed by atoms with Crippen LogP contribution >= 0.6 is 0 Å². The minimum atomic E-state index is 0.892. The molecular weight excluding hydrogens is 240 g/mol. The van der Waals surface area contributed by atoms with E-state index in [4.69, 9.17) is 0 Å². The molecule has 0 aliphatic heterocycles. The Morgan fingerprint density at radius 1 is 0.550 bits per heavy atom. The third-order valence-corrected chi connectivity index (χ3v) is 2.80. The fourth-order valence-electron chi connectivity index (χ4n) is 1.74. The minimum Gasteiger partial charge on any atom is -0.0683 e. The molecule has 0 saturated heterocycles. The van der Waals surface area contributed by atoms with Crippen LogP contribution in [0.4, 0.5) is 0 Å². The molecule has 0 saturated carbocycles. The summed E-state index contributed by atoms with van der Waals surface area (Å²) in [7, 11) is 0. The molecule has 0 unspecified atom stereocenters. The van der Waals surface area contributed by atoms with E-state index in [1.165, 1.54) is 38.5 Å². The van der Waals surface area contributed by atoms with E-state index in [1.54, 1.807) is 0 Å². The number of rotatable bonds is 7.